The van der Waals surface area contributed by atoms with E-state index in [4.69, 9.17) is 5.73 Å². The Bertz CT molecular complexity index is 1230. The number of benzene rings is 2. The number of sulfone groups is 1. The van der Waals surface area contributed by atoms with Gasteiger partial charge in [-0.2, -0.15) is 0 Å². The van der Waals surface area contributed by atoms with Gasteiger partial charge in [0.15, 0.2) is 0 Å². The summed E-state index contributed by atoms with van der Waals surface area (Å²) < 4.78 is 23.7. The van der Waals surface area contributed by atoms with Gasteiger partial charge in [-0.1, -0.05) is 6.07 Å². The quantitative estimate of drug-likeness (QED) is 0.618. The summed E-state index contributed by atoms with van der Waals surface area (Å²) in [7, 11) is -2.93. The Labute approximate surface area is 169 Å². The number of rotatable bonds is 3. The molecule has 0 bridgehead atoms. The molecule has 6 nitrogen and oxygen atoms in total. The van der Waals surface area contributed by atoms with Gasteiger partial charge in [0.2, 0.25) is 0 Å². The smallest absolute Gasteiger partial charge is 0.250 e. The topological polar surface area (TPSA) is 105 Å². The lowest BCUT2D eigenvalue weighted by Crippen LogP contribution is -2.22. The largest absolute Gasteiger partial charge is 0.384 e. The highest BCUT2D eigenvalue weighted by atomic mass is 32.2. The second kappa shape index (κ2) is 6.62. The maximum atomic E-state index is 12.2. The second-order valence-electron chi connectivity index (χ2n) is 8.03. The number of aromatic nitrogens is 1. The third-order valence-electron chi connectivity index (χ3n) is 6.23. The van der Waals surface area contributed by atoms with Gasteiger partial charge >= 0.3 is 0 Å². The monoisotopic (exact) mass is 409 g/mol. The van der Waals surface area contributed by atoms with Gasteiger partial charge in [-0.3, -0.25) is 4.79 Å². The molecule has 0 radical (unpaired) electrons. The van der Waals surface area contributed by atoms with Crippen molar-refractivity contribution in [3.8, 4) is 11.1 Å². The van der Waals surface area contributed by atoms with Crippen LogP contribution in [0.2, 0.25) is 0 Å². The fourth-order valence-corrected chi connectivity index (χ4v) is 6.13. The van der Waals surface area contributed by atoms with E-state index in [2.05, 4.69) is 34.6 Å². The Hall–Kier alpha value is -2.80. The Balaban J connectivity index is 1.63. The van der Waals surface area contributed by atoms with Crippen LogP contribution in [0.25, 0.3) is 22.0 Å². The fraction of sp³-hybridized carbons (Fsp3) is 0.318. The second-order valence-corrected chi connectivity index (χ2v) is 10.3. The zero-order valence-corrected chi connectivity index (χ0v) is 16.8. The van der Waals surface area contributed by atoms with Gasteiger partial charge < -0.3 is 16.0 Å². The number of H-pyrrole nitrogens is 1. The van der Waals surface area contributed by atoms with E-state index in [1.807, 2.05) is 12.3 Å². The summed E-state index contributed by atoms with van der Waals surface area (Å²) in [6.07, 6.45) is 4.11. The average molecular weight is 410 g/mol. The van der Waals surface area contributed by atoms with Crippen molar-refractivity contribution in [3.63, 3.8) is 0 Å². The van der Waals surface area contributed by atoms with E-state index in [1.54, 1.807) is 0 Å². The molecule has 0 atom stereocenters. The molecule has 3 aromatic rings. The van der Waals surface area contributed by atoms with E-state index in [0.29, 0.717) is 18.4 Å². The maximum Gasteiger partial charge on any atom is 0.250 e. The van der Waals surface area contributed by atoms with E-state index in [-0.39, 0.29) is 17.4 Å². The summed E-state index contributed by atoms with van der Waals surface area (Å²) >= 11 is 0. The highest BCUT2D eigenvalue weighted by Crippen LogP contribution is 2.38. The molecule has 2 aromatic carbocycles. The van der Waals surface area contributed by atoms with Crippen LogP contribution in [-0.2, 0) is 16.3 Å². The molecule has 29 heavy (non-hydrogen) atoms. The number of fused-ring (bicyclic) bond motifs is 2. The molecule has 1 aromatic heterocycles. The Kier molecular flexibility index (Phi) is 4.17. The number of nitrogens with two attached hydrogens (primary N) is 1. The number of amides is 1. The number of anilines is 1. The van der Waals surface area contributed by atoms with E-state index in [9.17, 15) is 13.2 Å². The number of hydrogen-bond donors (Lipinski definition) is 3. The van der Waals surface area contributed by atoms with Crippen molar-refractivity contribution < 1.29 is 13.2 Å². The molecule has 4 N–H and O–H groups in total. The molecule has 5 rings (SSSR count). The summed E-state index contributed by atoms with van der Waals surface area (Å²) in [5.74, 6) is 0.112. The molecule has 0 unspecified atom stereocenters. The highest BCUT2D eigenvalue weighted by molar-refractivity contribution is 7.91. The Morgan fingerprint density at radius 2 is 1.86 bits per heavy atom. The molecule has 1 saturated heterocycles. The van der Waals surface area contributed by atoms with Crippen molar-refractivity contribution in [2.24, 2.45) is 5.73 Å². The van der Waals surface area contributed by atoms with Crippen LogP contribution in [0.5, 0.6) is 0 Å². The molecular formula is C22H23N3O3S. The summed E-state index contributed by atoms with van der Waals surface area (Å²) in [6, 6.07) is 10.3. The zero-order chi connectivity index (χ0) is 20.2. The van der Waals surface area contributed by atoms with Crippen LogP contribution in [-0.4, -0.2) is 37.4 Å². The number of aromatic amines is 1. The summed E-state index contributed by atoms with van der Waals surface area (Å²) in [4.78, 5) is 15.4. The Morgan fingerprint density at radius 1 is 1.07 bits per heavy atom. The number of carbonyl (C=O) groups is 1. The van der Waals surface area contributed by atoms with Crippen molar-refractivity contribution in [1.29, 1.82) is 0 Å². The third-order valence-corrected chi connectivity index (χ3v) is 7.95. The predicted molar refractivity (Wildman–Crippen MR) is 115 cm³/mol. The molecule has 1 fully saturated rings. The molecule has 150 valence electrons. The average Bonchev–Trinajstić information content (AvgIpc) is 3.33. The first-order valence-electron chi connectivity index (χ1n) is 9.94. The van der Waals surface area contributed by atoms with Gasteiger partial charge in [-0.25, -0.2) is 8.42 Å². The van der Waals surface area contributed by atoms with Crippen molar-refractivity contribution >= 4 is 32.3 Å². The van der Waals surface area contributed by atoms with Crippen LogP contribution in [0, 0.1) is 0 Å². The molecule has 7 heteroatoms. The number of hydrogen-bond acceptors (Lipinski definition) is 4. The van der Waals surface area contributed by atoms with Gasteiger partial charge in [0, 0.05) is 23.8 Å². The van der Waals surface area contributed by atoms with Gasteiger partial charge in [-0.15, -0.1) is 0 Å². The Morgan fingerprint density at radius 3 is 2.62 bits per heavy atom. The van der Waals surface area contributed by atoms with Crippen molar-refractivity contribution in [2.75, 3.05) is 23.4 Å². The SMILES string of the molecule is NC(=O)c1cc(-c2ccc3c(c2)CCN3)cc2c(C3CCS(=O)(=O)CC3)c[nH]c12. The first kappa shape index (κ1) is 18.2. The number of nitrogens with one attached hydrogen (secondary N) is 2. The van der Waals surface area contributed by atoms with E-state index in [1.165, 1.54) is 5.56 Å². The standard InChI is InChI=1S/C22H23N3O3S/c23-22(26)18-11-16(14-1-2-20-15(9-14)3-6-24-20)10-17-19(12-25-21(17)18)13-4-7-29(27,28)8-5-13/h1-2,9-13,24-25H,3-8H2,(H2,23,26). The van der Waals surface area contributed by atoms with E-state index >= 15 is 0 Å². The van der Waals surface area contributed by atoms with Crippen LogP contribution >= 0.6 is 0 Å². The predicted octanol–water partition coefficient (Wildman–Crippen LogP) is 3.19. The normalized spacial score (nSPS) is 18.5. The van der Waals surface area contributed by atoms with Crippen molar-refractivity contribution in [2.45, 2.75) is 25.2 Å². The zero-order valence-electron chi connectivity index (χ0n) is 16.0. The highest BCUT2D eigenvalue weighted by Gasteiger charge is 2.27. The molecule has 0 spiro atoms. The van der Waals surface area contributed by atoms with Crippen LogP contribution in [0.3, 0.4) is 0 Å². The van der Waals surface area contributed by atoms with Gasteiger partial charge in [0.25, 0.3) is 5.91 Å². The molecule has 0 saturated carbocycles. The maximum absolute atomic E-state index is 12.2. The summed E-state index contributed by atoms with van der Waals surface area (Å²) in [5, 5.41) is 4.32. The first-order valence-corrected chi connectivity index (χ1v) is 11.8. The van der Waals surface area contributed by atoms with Crippen molar-refractivity contribution in [1.82, 2.24) is 4.98 Å². The minimum atomic E-state index is -2.93. The van der Waals surface area contributed by atoms with Gasteiger partial charge in [0.1, 0.15) is 9.84 Å². The molecule has 2 aliphatic heterocycles. The number of carbonyl (C=O) groups excluding carboxylic acids is 1. The lowest BCUT2D eigenvalue weighted by atomic mass is 9.90. The molecule has 3 heterocycles. The van der Waals surface area contributed by atoms with Crippen LogP contribution in [0.1, 0.15) is 40.2 Å². The summed E-state index contributed by atoms with van der Waals surface area (Å²) in [6.45, 7) is 0.941. The number of primary amides is 1. The lowest BCUT2D eigenvalue weighted by Gasteiger charge is -2.21. The molecular weight excluding hydrogens is 386 g/mol. The lowest BCUT2D eigenvalue weighted by molar-refractivity contribution is 0.100. The van der Waals surface area contributed by atoms with Crippen LogP contribution in [0.15, 0.2) is 36.5 Å². The minimum Gasteiger partial charge on any atom is -0.384 e. The van der Waals surface area contributed by atoms with Gasteiger partial charge in [-0.05, 0) is 71.7 Å². The van der Waals surface area contributed by atoms with E-state index < -0.39 is 15.7 Å². The molecule has 2 aliphatic rings. The van der Waals surface area contributed by atoms with Gasteiger partial charge in [0.05, 0.1) is 22.6 Å². The minimum absolute atomic E-state index is 0.160. The van der Waals surface area contributed by atoms with Crippen LogP contribution < -0.4 is 11.1 Å². The van der Waals surface area contributed by atoms with Crippen molar-refractivity contribution in [3.05, 3.63) is 53.2 Å². The van der Waals surface area contributed by atoms with E-state index in [0.717, 1.165) is 46.2 Å². The third kappa shape index (κ3) is 3.19. The fourth-order valence-electron chi connectivity index (χ4n) is 4.64. The van der Waals surface area contributed by atoms with Crippen LogP contribution in [0.4, 0.5) is 5.69 Å². The first-order chi connectivity index (χ1) is 13.9. The summed E-state index contributed by atoms with van der Waals surface area (Å²) in [5.41, 5.74) is 12.4. The molecule has 1 amide bonds. The molecule has 0 aliphatic carbocycles.